The van der Waals surface area contributed by atoms with E-state index in [1.54, 1.807) is 13.8 Å². The van der Waals surface area contributed by atoms with Crippen LogP contribution >= 0.6 is 0 Å². The van der Waals surface area contributed by atoms with Crippen LogP contribution in [0.5, 0.6) is 0 Å². The van der Waals surface area contributed by atoms with Gasteiger partial charge in [-0.05, 0) is 49.9 Å². The van der Waals surface area contributed by atoms with Crippen LogP contribution in [-0.4, -0.2) is 27.4 Å². The molecule has 2 atom stereocenters. The van der Waals surface area contributed by atoms with Gasteiger partial charge in [-0.25, -0.2) is 0 Å². The van der Waals surface area contributed by atoms with Crippen LogP contribution in [0.25, 0.3) is 33.3 Å². The maximum absolute atomic E-state index is 8.56. The van der Waals surface area contributed by atoms with Crippen LogP contribution in [0.3, 0.4) is 0 Å². The summed E-state index contributed by atoms with van der Waals surface area (Å²) in [5.74, 6) is 0. The smallest absolute Gasteiger partial charge is 0.0595 e. The van der Waals surface area contributed by atoms with Crippen molar-refractivity contribution in [2.75, 3.05) is 0 Å². The summed E-state index contributed by atoms with van der Waals surface area (Å²) in [6.45, 7) is 5.43. The molecule has 1 heterocycles. The first-order valence-electron chi connectivity index (χ1n) is 10.2. The van der Waals surface area contributed by atoms with Crippen LogP contribution in [0.4, 0.5) is 0 Å². The van der Waals surface area contributed by atoms with Crippen molar-refractivity contribution in [3.8, 4) is 22.4 Å². The molecule has 0 spiro atoms. The van der Waals surface area contributed by atoms with E-state index in [9.17, 15) is 0 Å². The first-order valence-corrected chi connectivity index (χ1v) is 10.2. The zero-order valence-electron chi connectivity index (χ0n) is 18.0. The van der Waals surface area contributed by atoms with E-state index in [0.717, 1.165) is 16.8 Å². The molecule has 0 saturated heterocycles. The van der Waals surface area contributed by atoms with Gasteiger partial charge in [0, 0.05) is 20.1 Å². The Morgan fingerprint density at radius 1 is 0.839 bits per heavy atom. The Hall–Kier alpha value is -2.36. The molecule has 4 rings (SSSR count). The molecule has 4 aromatic rings. The molecule has 0 aliphatic carbocycles. The van der Waals surface area contributed by atoms with Crippen molar-refractivity contribution < 1.29 is 30.3 Å². The molecule has 3 nitrogen and oxygen atoms in total. The molecular formula is C27H28IrNO2-. The molecule has 163 valence electrons. The topological polar surface area (TPSA) is 53.4 Å². The molecule has 0 amide bonds. The van der Waals surface area contributed by atoms with Crippen LogP contribution in [-0.2, 0) is 20.1 Å². The monoisotopic (exact) mass is 591 g/mol. The van der Waals surface area contributed by atoms with Gasteiger partial charge in [0.2, 0.25) is 0 Å². The summed E-state index contributed by atoms with van der Waals surface area (Å²) in [6.07, 6.45) is -0.278. The average Bonchev–Trinajstić information content (AvgIpc) is 2.73. The number of para-hydroxylation sites is 1. The molecule has 1 radical (unpaired) electrons. The van der Waals surface area contributed by atoms with E-state index >= 15 is 0 Å². The van der Waals surface area contributed by atoms with E-state index in [2.05, 4.69) is 67.6 Å². The molecule has 0 bridgehead atoms. The summed E-state index contributed by atoms with van der Waals surface area (Å²) in [5.41, 5.74) is 6.63. The van der Waals surface area contributed by atoms with Gasteiger partial charge in [0.1, 0.15) is 0 Å². The molecule has 0 aliphatic heterocycles. The number of hydrogen-bond donors (Lipinski definition) is 2. The second-order valence-electron chi connectivity index (χ2n) is 7.64. The quantitative estimate of drug-likeness (QED) is 0.295. The van der Waals surface area contributed by atoms with Crippen molar-refractivity contribution in [2.45, 2.75) is 39.4 Å². The van der Waals surface area contributed by atoms with Gasteiger partial charge in [-0.2, -0.15) is 0 Å². The number of nitrogens with zero attached hydrogens (tertiary/aromatic N) is 1. The Labute approximate surface area is 198 Å². The normalized spacial score (nSPS) is 12.3. The Balaban J connectivity index is 0.000000373. The van der Waals surface area contributed by atoms with Crippen LogP contribution < -0.4 is 0 Å². The maximum Gasteiger partial charge on any atom is 0.0595 e. The van der Waals surface area contributed by atoms with E-state index in [-0.39, 0.29) is 32.3 Å². The molecule has 1 aromatic heterocycles. The first-order chi connectivity index (χ1) is 14.4. The molecule has 2 unspecified atom stereocenters. The molecule has 3 aromatic carbocycles. The van der Waals surface area contributed by atoms with Gasteiger partial charge < -0.3 is 10.2 Å². The minimum atomic E-state index is -0.375. The SMILES string of the molecule is CC(O)CC(C)O.Cc1cc2ccccc2nc1-c1[c-]ccc(-c2ccccc2)c1.[Ir]. The minimum absolute atomic E-state index is 0. The van der Waals surface area contributed by atoms with Gasteiger partial charge >= 0.3 is 0 Å². The Kier molecular flexibility index (Phi) is 9.54. The van der Waals surface area contributed by atoms with Crippen LogP contribution in [0.1, 0.15) is 25.8 Å². The Bertz CT molecular complexity index is 1090. The number of aliphatic hydroxyl groups is 2. The van der Waals surface area contributed by atoms with Crippen molar-refractivity contribution >= 4 is 10.9 Å². The van der Waals surface area contributed by atoms with E-state index in [1.165, 1.54) is 22.1 Å². The first kappa shape index (κ1) is 24.9. The van der Waals surface area contributed by atoms with Crippen LogP contribution in [0, 0.1) is 13.0 Å². The average molecular weight is 591 g/mol. The summed E-state index contributed by atoms with van der Waals surface area (Å²) in [6, 6.07) is 30.4. The Morgan fingerprint density at radius 2 is 1.48 bits per heavy atom. The molecule has 0 fully saturated rings. The minimum Gasteiger partial charge on any atom is -0.393 e. The molecule has 0 saturated carbocycles. The van der Waals surface area contributed by atoms with Crippen LogP contribution in [0.15, 0.2) is 78.9 Å². The van der Waals surface area contributed by atoms with Crippen molar-refractivity contribution in [2.24, 2.45) is 0 Å². The number of hydrogen-bond acceptors (Lipinski definition) is 3. The van der Waals surface area contributed by atoms with Crippen molar-refractivity contribution in [1.82, 2.24) is 4.98 Å². The summed E-state index contributed by atoms with van der Waals surface area (Å²) < 4.78 is 0. The second kappa shape index (κ2) is 11.9. The van der Waals surface area contributed by atoms with E-state index < -0.39 is 0 Å². The number of aliphatic hydroxyl groups excluding tert-OH is 2. The van der Waals surface area contributed by atoms with E-state index in [0.29, 0.717) is 6.42 Å². The number of benzene rings is 3. The van der Waals surface area contributed by atoms with E-state index in [1.807, 2.05) is 24.3 Å². The van der Waals surface area contributed by atoms with Gasteiger partial charge in [-0.3, -0.25) is 4.98 Å². The standard InChI is InChI=1S/C22H16N.C5H12O2.Ir/c1-16-14-19-10-5-6-13-21(19)23-22(16)20-12-7-11-18(15-20)17-8-3-2-4-9-17;1-4(6)3-5(2)7;/h2-11,13-15H,1H3;4-7H,3H2,1-2H3;/q-1;;. The zero-order chi connectivity index (χ0) is 21.5. The number of rotatable bonds is 4. The number of pyridine rings is 1. The van der Waals surface area contributed by atoms with Gasteiger partial charge in [0.25, 0.3) is 0 Å². The molecular weight excluding hydrogens is 563 g/mol. The predicted molar refractivity (Wildman–Crippen MR) is 124 cm³/mol. The fourth-order valence-electron chi connectivity index (χ4n) is 3.40. The fourth-order valence-corrected chi connectivity index (χ4v) is 3.40. The number of fused-ring (bicyclic) bond motifs is 1. The number of aromatic nitrogens is 1. The molecule has 0 aliphatic rings. The maximum atomic E-state index is 8.56. The van der Waals surface area contributed by atoms with Crippen LogP contribution in [0.2, 0.25) is 0 Å². The van der Waals surface area contributed by atoms with Crippen molar-refractivity contribution in [3.05, 3.63) is 90.5 Å². The van der Waals surface area contributed by atoms with Crippen molar-refractivity contribution in [3.63, 3.8) is 0 Å². The molecule has 4 heteroatoms. The second-order valence-corrected chi connectivity index (χ2v) is 7.64. The summed E-state index contributed by atoms with van der Waals surface area (Å²) in [5, 5.41) is 18.3. The van der Waals surface area contributed by atoms with Gasteiger partial charge in [0.15, 0.2) is 0 Å². The predicted octanol–water partition coefficient (Wildman–Crippen LogP) is 5.81. The Morgan fingerprint density at radius 3 is 2.13 bits per heavy atom. The van der Waals surface area contributed by atoms with Gasteiger partial charge in [0.05, 0.1) is 17.7 Å². The van der Waals surface area contributed by atoms with E-state index in [4.69, 9.17) is 15.2 Å². The third kappa shape index (κ3) is 7.09. The summed E-state index contributed by atoms with van der Waals surface area (Å²) in [4.78, 5) is 4.85. The zero-order valence-corrected chi connectivity index (χ0v) is 20.4. The van der Waals surface area contributed by atoms with Gasteiger partial charge in [-0.15, -0.1) is 35.4 Å². The largest absolute Gasteiger partial charge is 0.393 e. The summed E-state index contributed by atoms with van der Waals surface area (Å²) >= 11 is 0. The third-order valence-corrected chi connectivity index (χ3v) is 4.76. The molecule has 2 N–H and O–H groups in total. The fraction of sp³-hybridized carbons (Fsp3) is 0.222. The number of aryl methyl sites for hydroxylation is 1. The van der Waals surface area contributed by atoms with Crippen molar-refractivity contribution in [1.29, 1.82) is 0 Å². The third-order valence-electron chi connectivity index (χ3n) is 4.76. The van der Waals surface area contributed by atoms with Gasteiger partial charge in [-0.1, -0.05) is 60.2 Å². The molecule has 31 heavy (non-hydrogen) atoms. The summed E-state index contributed by atoms with van der Waals surface area (Å²) in [7, 11) is 0.